The third-order valence-electron chi connectivity index (χ3n) is 2.20. The minimum Gasteiger partial charge on any atom is -0.338 e. The van der Waals surface area contributed by atoms with Gasteiger partial charge in [-0.1, -0.05) is 6.58 Å². The Morgan fingerprint density at radius 1 is 1.75 bits per heavy atom. The quantitative estimate of drug-likeness (QED) is 0.608. The van der Waals surface area contributed by atoms with Crippen molar-refractivity contribution in [2.45, 2.75) is 18.1 Å². The number of piperidine rings is 1. The second-order valence-corrected chi connectivity index (χ2v) is 4.13. The molecule has 0 aromatic heterocycles. The van der Waals surface area contributed by atoms with E-state index in [-0.39, 0.29) is 5.91 Å². The molecule has 1 amide bonds. The Bertz CT molecular complexity index is 181. The Kier molecular flexibility index (Phi) is 3.66. The first-order valence-electron chi connectivity index (χ1n) is 4.22. The SMILES string of the molecule is C=CC(=O)N1CCCC(SC)C1. The number of likely N-dealkylation sites (tertiary alicyclic amines) is 1. The molecule has 0 radical (unpaired) electrons. The summed E-state index contributed by atoms with van der Waals surface area (Å²) in [5.74, 6) is 0.0775. The van der Waals surface area contributed by atoms with Crippen LogP contribution in [0.15, 0.2) is 12.7 Å². The fourth-order valence-electron chi connectivity index (χ4n) is 1.46. The van der Waals surface area contributed by atoms with Gasteiger partial charge in [0, 0.05) is 18.3 Å². The monoisotopic (exact) mass is 185 g/mol. The van der Waals surface area contributed by atoms with Crippen LogP contribution in [0.1, 0.15) is 12.8 Å². The average molecular weight is 185 g/mol. The summed E-state index contributed by atoms with van der Waals surface area (Å²) in [6.07, 6.45) is 5.88. The highest BCUT2D eigenvalue weighted by atomic mass is 32.2. The summed E-state index contributed by atoms with van der Waals surface area (Å²) in [5, 5.41) is 0.627. The number of amides is 1. The maximum atomic E-state index is 11.2. The number of nitrogens with zero attached hydrogens (tertiary/aromatic N) is 1. The van der Waals surface area contributed by atoms with Gasteiger partial charge in [0.05, 0.1) is 0 Å². The molecule has 1 aliphatic heterocycles. The van der Waals surface area contributed by atoms with Crippen molar-refractivity contribution in [2.75, 3.05) is 19.3 Å². The van der Waals surface area contributed by atoms with E-state index in [1.54, 1.807) is 0 Å². The molecule has 0 spiro atoms. The van der Waals surface area contributed by atoms with E-state index in [0.29, 0.717) is 5.25 Å². The maximum Gasteiger partial charge on any atom is 0.245 e. The third-order valence-corrected chi connectivity index (χ3v) is 3.25. The first kappa shape index (κ1) is 9.65. The molecular weight excluding hydrogens is 170 g/mol. The first-order valence-corrected chi connectivity index (χ1v) is 5.51. The normalized spacial score (nSPS) is 23.8. The fourth-order valence-corrected chi connectivity index (χ4v) is 2.19. The average Bonchev–Trinajstić information content (AvgIpc) is 2.17. The summed E-state index contributed by atoms with van der Waals surface area (Å²) >= 11 is 1.85. The Morgan fingerprint density at radius 3 is 3.08 bits per heavy atom. The van der Waals surface area contributed by atoms with Crippen LogP contribution in [-0.4, -0.2) is 35.4 Å². The molecule has 0 aromatic carbocycles. The lowest BCUT2D eigenvalue weighted by molar-refractivity contribution is -0.126. The molecule has 0 saturated carbocycles. The lowest BCUT2D eigenvalue weighted by Crippen LogP contribution is -2.40. The van der Waals surface area contributed by atoms with Crippen molar-refractivity contribution in [1.29, 1.82) is 0 Å². The fraction of sp³-hybridized carbons (Fsp3) is 0.667. The predicted octanol–water partition coefficient (Wildman–Crippen LogP) is 1.53. The van der Waals surface area contributed by atoms with Crippen molar-refractivity contribution >= 4 is 17.7 Å². The molecule has 68 valence electrons. The minimum absolute atomic E-state index is 0.0775. The van der Waals surface area contributed by atoms with Crippen LogP contribution in [0.5, 0.6) is 0 Å². The van der Waals surface area contributed by atoms with E-state index in [9.17, 15) is 4.79 Å². The molecule has 1 saturated heterocycles. The van der Waals surface area contributed by atoms with Crippen molar-refractivity contribution in [1.82, 2.24) is 4.90 Å². The summed E-state index contributed by atoms with van der Waals surface area (Å²) in [4.78, 5) is 13.1. The summed E-state index contributed by atoms with van der Waals surface area (Å²) in [7, 11) is 0. The summed E-state index contributed by atoms with van der Waals surface area (Å²) in [6, 6.07) is 0. The largest absolute Gasteiger partial charge is 0.338 e. The topological polar surface area (TPSA) is 20.3 Å². The van der Waals surface area contributed by atoms with E-state index in [2.05, 4.69) is 12.8 Å². The number of rotatable bonds is 2. The second kappa shape index (κ2) is 4.55. The highest BCUT2D eigenvalue weighted by molar-refractivity contribution is 7.99. The van der Waals surface area contributed by atoms with Gasteiger partial charge in [-0.25, -0.2) is 0 Å². The molecule has 1 fully saturated rings. The van der Waals surface area contributed by atoms with Crippen molar-refractivity contribution in [3.8, 4) is 0 Å². The molecule has 1 atom stereocenters. The number of hydrogen-bond acceptors (Lipinski definition) is 2. The summed E-state index contributed by atoms with van der Waals surface area (Å²) < 4.78 is 0. The van der Waals surface area contributed by atoms with Gasteiger partial charge < -0.3 is 4.90 Å². The third kappa shape index (κ3) is 2.27. The minimum atomic E-state index is 0.0775. The van der Waals surface area contributed by atoms with Gasteiger partial charge >= 0.3 is 0 Å². The smallest absolute Gasteiger partial charge is 0.245 e. The Balaban J connectivity index is 2.45. The molecule has 0 aliphatic carbocycles. The van der Waals surface area contributed by atoms with Crippen molar-refractivity contribution in [3.63, 3.8) is 0 Å². The second-order valence-electron chi connectivity index (χ2n) is 2.99. The highest BCUT2D eigenvalue weighted by Crippen LogP contribution is 2.19. The van der Waals surface area contributed by atoms with E-state index in [0.717, 1.165) is 19.5 Å². The van der Waals surface area contributed by atoms with E-state index in [1.165, 1.54) is 12.5 Å². The molecule has 0 bridgehead atoms. The first-order chi connectivity index (χ1) is 5.77. The van der Waals surface area contributed by atoms with Crippen LogP contribution in [0.4, 0.5) is 0 Å². The lowest BCUT2D eigenvalue weighted by atomic mass is 10.1. The lowest BCUT2D eigenvalue weighted by Gasteiger charge is -2.30. The van der Waals surface area contributed by atoms with Crippen molar-refractivity contribution in [3.05, 3.63) is 12.7 Å². The zero-order valence-corrected chi connectivity index (χ0v) is 8.27. The molecule has 0 N–H and O–H groups in total. The van der Waals surface area contributed by atoms with Gasteiger partial charge in [-0.15, -0.1) is 0 Å². The highest BCUT2D eigenvalue weighted by Gasteiger charge is 2.20. The number of carbonyl (C=O) groups is 1. The Hall–Kier alpha value is -0.440. The molecule has 0 aromatic rings. The Morgan fingerprint density at radius 2 is 2.50 bits per heavy atom. The molecule has 12 heavy (non-hydrogen) atoms. The standard InChI is InChI=1S/C9H15NOS/c1-3-9(11)10-6-4-5-8(7-10)12-2/h3,8H,1,4-7H2,2H3. The molecule has 2 nitrogen and oxygen atoms in total. The van der Waals surface area contributed by atoms with Crippen molar-refractivity contribution < 1.29 is 4.79 Å². The van der Waals surface area contributed by atoms with Crippen LogP contribution in [0.2, 0.25) is 0 Å². The van der Waals surface area contributed by atoms with Gasteiger partial charge in [0.25, 0.3) is 0 Å². The van der Waals surface area contributed by atoms with Gasteiger partial charge in [-0.05, 0) is 25.2 Å². The van der Waals surface area contributed by atoms with Crippen LogP contribution < -0.4 is 0 Å². The molecule has 1 unspecified atom stereocenters. The van der Waals surface area contributed by atoms with E-state index >= 15 is 0 Å². The molecule has 1 heterocycles. The van der Waals surface area contributed by atoms with Gasteiger partial charge in [0.15, 0.2) is 0 Å². The Labute approximate surface area is 78.0 Å². The van der Waals surface area contributed by atoms with Gasteiger partial charge in [-0.3, -0.25) is 4.79 Å². The van der Waals surface area contributed by atoms with Gasteiger partial charge in [-0.2, -0.15) is 11.8 Å². The predicted molar refractivity (Wildman–Crippen MR) is 53.3 cm³/mol. The van der Waals surface area contributed by atoms with Crippen LogP contribution in [-0.2, 0) is 4.79 Å². The maximum absolute atomic E-state index is 11.2. The van der Waals surface area contributed by atoms with Crippen LogP contribution >= 0.6 is 11.8 Å². The van der Waals surface area contributed by atoms with Gasteiger partial charge in [0.2, 0.25) is 5.91 Å². The zero-order chi connectivity index (χ0) is 8.97. The van der Waals surface area contributed by atoms with E-state index in [1.807, 2.05) is 16.7 Å². The molecule has 3 heteroatoms. The number of thioether (sulfide) groups is 1. The zero-order valence-electron chi connectivity index (χ0n) is 7.45. The number of hydrogen-bond donors (Lipinski definition) is 0. The molecular formula is C9H15NOS. The van der Waals surface area contributed by atoms with E-state index < -0.39 is 0 Å². The van der Waals surface area contributed by atoms with Crippen molar-refractivity contribution in [2.24, 2.45) is 0 Å². The number of carbonyl (C=O) groups excluding carboxylic acids is 1. The van der Waals surface area contributed by atoms with Crippen LogP contribution in [0, 0.1) is 0 Å². The molecule has 1 aliphatic rings. The summed E-state index contributed by atoms with van der Waals surface area (Å²) in [5.41, 5.74) is 0. The van der Waals surface area contributed by atoms with E-state index in [4.69, 9.17) is 0 Å². The van der Waals surface area contributed by atoms with Gasteiger partial charge in [0.1, 0.15) is 0 Å². The van der Waals surface area contributed by atoms with Crippen LogP contribution in [0.25, 0.3) is 0 Å². The summed E-state index contributed by atoms with van der Waals surface area (Å²) in [6.45, 7) is 5.29. The molecule has 1 rings (SSSR count). The van der Waals surface area contributed by atoms with Crippen LogP contribution in [0.3, 0.4) is 0 Å².